The van der Waals surface area contributed by atoms with Crippen LogP contribution in [-0.2, 0) is 14.3 Å². The van der Waals surface area contributed by atoms with Gasteiger partial charge in [0.2, 0.25) is 0 Å². The van der Waals surface area contributed by atoms with Gasteiger partial charge in [0.1, 0.15) is 0 Å². The van der Waals surface area contributed by atoms with Gasteiger partial charge in [-0.2, -0.15) is 0 Å². The Morgan fingerprint density at radius 3 is 2.44 bits per heavy atom. The largest absolute Gasteiger partial charge is 0.481 e. The van der Waals surface area contributed by atoms with E-state index in [0.29, 0.717) is 13.1 Å². The molecule has 5 nitrogen and oxygen atoms in total. The number of rotatable bonds is 4. The minimum absolute atomic E-state index is 0.163. The van der Waals surface area contributed by atoms with E-state index in [4.69, 9.17) is 14.6 Å². The second-order valence-corrected chi connectivity index (χ2v) is 4.67. The molecule has 16 heavy (non-hydrogen) atoms. The number of aliphatic carboxylic acids is 1. The Labute approximate surface area is 95.3 Å². The van der Waals surface area contributed by atoms with Crippen LogP contribution in [0.3, 0.4) is 0 Å². The van der Waals surface area contributed by atoms with Gasteiger partial charge in [0, 0.05) is 20.3 Å². The summed E-state index contributed by atoms with van der Waals surface area (Å²) < 4.78 is 10.6. The fraction of sp³-hybridized carbons (Fsp3) is 0.909. The number of methoxy groups -OCH3 is 2. The maximum absolute atomic E-state index is 11.1. The first-order valence-corrected chi connectivity index (χ1v) is 5.69. The molecule has 0 bridgehead atoms. The molecule has 0 aromatic heterocycles. The third-order valence-electron chi connectivity index (χ3n) is 3.90. The van der Waals surface area contributed by atoms with E-state index in [1.165, 1.54) is 0 Å². The second kappa shape index (κ2) is 4.31. The summed E-state index contributed by atoms with van der Waals surface area (Å²) in [7, 11) is 3.26. The van der Waals surface area contributed by atoms with E-state index in [9.17, 15) is 4.79 Å². The molecule has 1 saturated heterocycles. The van der Waals surface area contributed by atoms with Crippen molar-refractivity contribution in [3.8, 4) is 0 Å². The van der Waals surface area contributed by atoms with Crippen LogP contribution < -0.4 is 0 Å². The molecule has 92 valence electrons. The van der Waals surface area contributed by atoms with Crippen molar-refractivity contribution >= 4 is 5.97 Å². The predicted molar refractivity (Wildman–Crippen MR) is 57.1 cm³/mol. The number of ether oxygens (including phenoxy) is 2. The molecule has 0 aromatic rings. The molecule has 2 fully saturated rings. The lowest BCUT2D eigenvalue weighted by atomic mass is 9.96. The zero-order valence-electron chi connectivity index (χ0n) is 9.81. The van der Waals surface area contributed by atoms with Crippen molar-refractivity contribution in [3.05, 3.63) is 0 Å². The Morgan fingerprint density at radius 2 is 1.94 bits per heavy atom. The van der Waals surface area contributed by atoms with Gasteiger partial charge in [0.25, 0.3) is 0 Å². The van der Waals surface area contributed by atoms with Crippen molar-refractivity contribution in [1.82, 2.24) is 4.90 Å². The highest BCUT2D eigenvalue weighted by atomic mass is 16.7. The third kappa shape index (κ3) is 1.83. The SMILES string of the molecule is COC1(OC)CN(C2CCCC2C(=O)O)C1. The van der Waals surface area contributed by atoms with Crippen molar-refractivity contribution in [3.63, 3.8) is 0 Å². The van der Waals surface area contributed by atoms with Gasteiger partial charge >= 0.3 is 5.97 Å². The van der Waals surface area contributed by atoms with Gasteiger partial charge in [-0.1, -0.05) is 6.42 Å². The van der Waals surface area contributed by atoms with Crippen LogP contribution in [0.25, 0.3) is 0 Å². The van der Waals surface area contributed by atoms with Crippen LogP contribution in [0.2, 0.25) is 0 Å². The van der Waals surface area contributed by atoms with Gasteiger partial charge in [-0.05, 0) is 12.8 Å². The fourth-order valence-corrected chi connectivity index (χ4v) is 2.81. The summed E-state index contributed by atoms with van der Waals surface area (Å²) in [5.41, 5.74) is 0. The molecule has 1 N–H and O–H groups in total. The van der Waals surface area contributed by atoms with E-state index in [1.54, 1.807) is 14.2 Å². The zero-order chi connectivity index (χ0) is 11.8. The van der Waals surface area contributed by atoms with E-state index in [1.807, 2.05) is 0 Å². The quantitative estimate of drug-likeness (QED) is 0.713. The molecule has 2 atom stereocenters. The summed E-state index contributed by atoms with van der Waals surface area (Å²) in [6, 6.07) is 0.163. The standard InChI is InChI=1S/C11H19NO4/c1-15-11(16-2)6-12(7-11)9-5-3-4-8(9)10(13)14/h8-9H,3-7H2,1-2H3,(H,13,14). The Bertz CT molecular complexity index is 269. The van der Waals surface area contributed by atoms with Crippen LogP contribution in [0.4, 0.5) is 0 Å². The maximum atomic E-state index is 11.1. The molecule has 5 heteroatoms. The average Bonchev–Trinajstić information content (AvgIpc) is 2.66. The van der Waals surface area contributed by atoms with E-state index >= 15 is 0 Å². The Kier molecular flexibility index (Phi) is 3.19. The Hall–Kier alpha value is -0.650. The number of hydrogen-bond donors (Lipinski definition) is 1. The molecule has 1 aliphatic carbocycles. The van der Waals surface area contributed by atoms with Gasteiger partial charge in [-0.25, -0.2) is 0 Å². The average molecular weight is 229 g/mol. The monoisotopic (exact) mass is 229 g/mol. The number of hydrogen-bond acceptors (Lipinski definition) is 4. The zero-order valence-corrected chi connectivity index (χ0v) is 9.81. The molecule has 0 amide bonds. The van der Waals surface area contributed by atoms with Gasteiger partial charge < -0.3 is 14.6 Å². The fourth-order valence-electron chi connectivity index (χ4n) is 2.81. The molecule has 2 aliphatic rings. The normalized spacial score (nSPS) is 33.6. The van der Waals surface area contributed by atoms with Crippen molar-refractivity contribution in [2.24, 2.45) is 5.92 Å². The Balaban J connectivity index is 1.94. The number of likely N-dealkylation sites (tertiary alicyclic amines) is 1. The lowest BCUT2D eigenvalue weighted by molar-refractivity contribution is -0.283. The van der Waals surface area contributed by atoms with Crippen molar-refractivity contribution in [2.75, 3.05) is 27.3 Å². The molecular formula is C11H19NO4. The molecule has 0 aromatic carbocycles. The van der Waals surface area contributed by atoms with Gasteiger partial charge in [0.05, 0.1) is 19.0 Å². The first-order valence-electron chi connectivity index (χ1n) is 5.69. The number of nitrogens with zero attached hydrogens (tertiary/aromatic N) is 1. The summed E-state index contributed by atoms with van der Waals surface area (Å²) in [6.07, 6.45) is 2.77. The van der Waals surface area contributed by atoms with Crippen LogP contribution in [0.1, 0.15) is 19.3 Å². The molecule has 0 radical (unpaired) electrons. The van der Waals surface area contributed by atoms with Gasteiger partial charge in [-0.3, -0.25) is 9.69 Å². The summed E-state index contributed by atoms with van der Waals surface area (Å²) in [5.74, 6) is -1.40. The topological polar surface area (TPSA) is 59.0 Å². The third-order valence-corrected chi connectivity index (χ3v) is 3.90. The highest BCUT2D eigenvalue weighted by Crippen LogP contribution is 2.36. The van der Waals surface area contributed by atoms with Crippen molar-refractivity contribution < 1.29 is 19.4 Å². The number of carboxylic acid groups (broad SMARTS) is 1. The smallest absolute Gasteiger partial charge is 0.308 e. The number of carbonyl (C=O) groups is 1. The van der Waals surface area contributed by atoms with Crippen LogP contribution in [0.15, 0.2) is 0 Å². The van der Waals surface area contributed by atoms with E-state index in [2.05, 4.69) is 4.90 Å². The highest BCUT2D eigenvalue weighted by Gasteiger charge is 2.50. The highest BCUT2D eigenvalue weighted by molar-refractivity contribution is 5.71. The predicted octanol–water partition coefficient (Wildman–Crippen LogP) is 0.544. The summed E-state index contributed by atoms with van der Waals surface area (Å²) in [5, 5.41) is 9.11. The first-order chi connectivity index (χ1) is 7.62. The van der Waals surface area contributed by atoms with Crippen LogP contribution in [0.5, 0.6) is 0 Å². The lowest BCUT2D eigenvalue weighted by Gasteiger charge is -2.51. The maximum Gasteiger partial charge on any atom is 0.308 e. The molecule has 2 rings (SSSR count). The summed E-state index contributed by atoms with van der Waals surface area (Å²) >= 11 is 0. The minimum atomic E-state index is -0.671. The van der Waals surface area contributed by atoms with Crippen LogP contribution >= 0.6 is 0 Å². The molecule has 0 spiro atoms. The lowest BCUT2D eigenvalue weighted by Crippen LogP contribution is -2.67. The summed E-state index contributed by atoms with van der Waals surface area (Å²) in [6.45, 7) is 1.35. The van der Waals surface area contributed by atoms with E-state index in [0.717, 1.165) is 19.3 Å². The first kappa shape index (κ1) is 11.8. The van der Waals surface area contributed by atoms with Crippen LogP contribution in [-0.4, -0.2) is 55.1 Å². The molecule has 1 saturated carbocycles. The minimum Gasteiger partial charge on any atom is -0.481 e. The van der Waals surface area contributed by atoms with Crippen molar-refractivity contribution in [1.29, 1.82) is 0 Å². The van der Waals surface area contributed by atoms with Crippen LogP contribution in [0, 0.1) is 5.92 Å². The molecular weight excluding hydrogens is 210 g/mol. The molecule has 1 heterocycles. The Morgan fingerprint density at radius 1 is 1.31 bits per heavy atom. The summed E-state index contributed by atoms with van der Waals surface area (Å²) in [4.78, 5) is 13.2. The molecule has 2 unspecified atom stereocenters. The van der Waals surface area contributed by atoms with Gasteiger partial charge in [0.15, 0.2) is 5.79 Å². The molecule has 1 aliphatic heterocycles. The van der Waals surface area contributed by atoms with E-state index < -0.39 is 11.8 Å². The van der Waals surface area contributed by atoms with Gasteiger partial charge in [-0.15, -0.1) is 0 Å². The number of carboxylic acids is 1. The van der Waals surface area contributed by atoms with E-state index in [-0.39, 0.29) is 12.0 Å². The van der Waals surface area contributed by atoms with Crippen molar-refractivity contribution in [2.45, 2.75) is 31.1 Å². The second-order valence-electron chi connectivity index (χ2n) is 4.67.